The highest BCUT2D eigenvalue weighted by Crippen LogP contribution is 2.30. The lowest BCUT2D eigenvalue weighted by Crippen LogP contribution is -2.42. The third-order valence-electron chi connectivity index (χ3n) is 3.17. The van der Waals surface area contributed by atoms with Crippen LogP contribution in [-0.4, -0.2) is 49.7 Å². The Morgan fingerprint density at radius 1 is 1.26 bits per heavy atom. The fourth-order valence-electron chi connectivity index (χ4n) is 2.17. The molecular weight excluding hydrogens is 347 g/mol. The van der Waals surface area contributed by atoms with Gasteiger partial charge in [-0.3, -0.25) is 19.2 Å². The SMILES string of the molecule is COCCON(C=O)C1CC(=O)N(c2cc(Cl)cc(Cl)c2)C1=O. The van der Waals surface area contributed by atoms with E-state index in [4.69, 9.17) is 32.8 Å². The second-order valence-corrected chi connectivity index (χ2v) is 5.58. The van der Waals surface area contributed by atoms with Crippen molar-refractivity contribution < 1.29 is 24.0 Å². The first kappa shape index (κ1) is 17.7. The molecule has 1 unspecified atom stereocenters. The Balaban J connectivity index is 2.20. The number of hydroxylamine groups is 2. The normalized spacial score (nSPS) is 17.7. The number of carbonyl (C=O) groups is 3. The minimum atomic E-state index is -1.03. The summed E-state index contributed by atoms with van der Waals surface area (Å²) in [6, 6.07) is 3.35. The number of ether oxygens (including phenoxy) is 1. The molecule has 0 bridgehead atoms. The molecule has 2 rings (SSSR count). The summed E-state index contributed by atoms with van der Waals surface area (Å²) in [6.07, 6.45) is 0.175. The van der Waals surface area contributed by atoms with Crippen LogP contribution < -0.4 is 4.90 Å². The number of hydrogen-bond acceptors (Lipinski definition) is 5. The van der Waals surface area contributed by atoms with Gasteiger partial charge in [0.1, 0.15) is 6.04 Å². The molecule has 0 saturated carbocycles. The molecule has 124 valence electrons. The predicted molar refractivity (Wildman–Crippen MR) is 83.1 cm³/mol. The average molecular weight is 361 g/mol. The van der Waals surface area contributed by atoms with Crippen LogP contribution in [-0.2, 0) is 24.0 Å². The number of halogens is 2. The Hall–Kier alpha value is -1.67. The summed E-state index contributed by atoms with van der Waals surface area (Å²) in [7, 11) is 1.48. The van der Waals surface area contributed by atoms with Gasteiger partial charge in [0.05, 0.1) is 25.3 Å². The molecule has 0 radical (unpaired) electrons. The van der Waals surface area contributed by atoms with E-state index >= 15 is 0 Å². The van der Waals surface area contributed by atoms with E-state index in [9.17, 15) is 14.4 Å². The topological polar surface area (TPSA) is 76.2 Å². The first-order chi connectivity index (χ1) is 11.0. The number of anilines is 1. The molecule has 1 heterocycles. The number of imide groups is 1. The zero-order chi connectivity index (χ0) is 17.0. The number of hydrogen-bond donors (Lipinski definition) is 0. The lowest BCUT2D eigenvalue weighted by molar-refractivity contribution is -0.191. The fraction of sp³-hybridized carbons (Fsp3) is 0.357. The van der Waals surface area contributed by atoms with Gasteiger partial charge in [0, 0.05) is 17.2 Å². The number of benzene rings is 1. The van der Waals surface area contributed by atoms with Crippen molar-refractivity contribution in [2.75, 3.05) is 25.2 Å². The van der Waals surface area contributed by atoms with Crippen molar-refractivity contribution in [2.45, 2.75) is 12.5 Å². The molecule has 1 saturated heterocycles. The maximum absolute atomic E-state index is 12.5. The summed E-state index contributed by atoms with van der Waals surface area (Å²) in [4.78, 5) is 41.9. The second-order valence-electron chi connectivity index (χ2n) is 4.71. The van der Waals surface area contributed by atoms with Crippen LogP contribution in [0.3, 0.4) is 0 Å². The molecular formula is C14H14Cl2N2O5. The maximum atomic E-state index is 12.5. The van der Waals surface area contributed by atoms with E-state index < -0.39 is 17.9 Å². The van der Waals surface area contributed by atoms with E-state index in [2.05, 4.69) is 0 Å². The first-order valence-corrected chi connectivity index (χ1v) is 7.42. The monoisotopic (exact) mass is 360 g/mol. The van der Waals surface area contributed by atoms with Gasteiger partial charge in [0.25, 0.3) is 5.91 Å². The van der Waals surface area contributed by atoms with Crippen LogP contribution in [0.1, 0.15) is 6.42 Å². The number of amides is 3. The van der Waals surface area contributed by atoms with E-state index in [0.29, 0.717) is 16.5 Å². The van der Waals surface area contributed by atoms with Crippen LogP contribution in [0.5, 0.6) is 0 Å². The van der Waals surface area contributed by atoms with Crippen LogP contribution >= 0.6 is 23.2 Å². The van der Waals surface area contributed by atoms with Crippen LogP contribution in [0.4, 0.5) is 5.69 Å². The zero-order valence-electron chi connectivity index (χ0n) is 12.2. The molecule has 3 amide bonds. The molecule has 0 aromatic heterocycles. The zero-order valence-corrected chi connectivity index (χ0v) is 13.7. The number of rotatable bonds is 7. The Morgan fingerprint density at radius 2 is 1.91 bits per heavy atom. The maximum Gasteiger partial charge on any atom is 0.259 e. The summed E-state index contributed by atoms with van der Waals surface area (Å²) < 4.78 is 4.80. The predicted octanol–water partition coefficient (Wildman–Crippen LogP) is 1.66. The van der Waals surface area contributed by atoms with Crippen LogP contribution in [0.2, 0.25) is 10.0 Å². The first-order valence-electron chi connectivity index (χ1n) is 6.66. The fourth-order valence-corrected chi connectivity index (χ4v) is 2.69. The largest absolute Gasteiger partial charge is 0.382 e. The van der Waals surface area contributed by atoms with Gasteiger partial charge in [-0.1, -0.05) is 23.2 Å². The smallest absolute Gasteiger partial charge is 0.259 e. The second kappa shape index (κ2) is 7.74. The van der Waals surface area contributed by atoms with Gasteiger partial charge in [-0.15, -0.1) is 0 Å². The van der Waals surface area contributed by atoms with E-state index in [-0.39, 0.29) is 25.3 Å². The highest BCUT2D eigenvalue weighted by atomic mass is 35.5. The van der Waals surface area contributed by atoms with Gasteiger partial charge in [-0.25, -0.2) is 9.96 Å². The molecule has 0 spiro atoms. The standard InChI is InChI=1S/C14H14Cl2N2O5/c1-22-2-3-23-17(8-19)12-7-13(20)18(14(12)21)11-5-9(15)4-10(16)6-11/h4-6,8,12H,2-3,7H2,1H3. The Bertz CT molecular complexity index is 605. The summed E-state index contributed by atoms with van der Waals surface area (Å²) in [5.41, 5.74) is 0.253. The van der Waals surface area contributed by atoms with Crippen molar-refractivity contribution in [3.8, 4) is 0 Å². The summed E-state index contributed by atoms with van der Waals surface area (Å²) in [5, 5.41) is 1.41. The lowest BCUT2D eigenvalue weighted by Gasteiger charge is -2.22. The number of nitrogens with zero attached hydrogens (tertiary/aromatic N) is 2. The van der Waals surface area contributed by atoms with Crippen molar-refractivity contribution >= 4 is 47.1 Å². The minimum absolute atomic E-state index is 0.0796. The van der Waals surface area contributed by atoms with Gasteiger partial charge in [-0.05, 0) is 18.2 Å². The lowest BCUT2D eigenvalue weighted by atomic mass is 10.2. The highest BCUT2D eigenvalue weighted by Gasteiger charge is 2.43. The Kier molecular flexibility index (Phi) is 5.95. The van der Waals surface area contributed by atoms with Gasteiger partial charge in [-0.2, -0.15) is 0 Å². The third-order valence-corrected chi connectivity index (χ3v) is 3.60. The molecule has 0 N–H and O–H groups in total. The Morgan fingerprint density at radius 3 is 2.48 bits per heavy atom. The molecule has 1 aliphatic heterocycles. The van der Waals surface area contributed by atoms with Gasteiger partial charge < -0.3 is 4.74 Å². The van der Waals surface area contributed by atoms with Crippen molar-refractivity contribution in [3.05, 3.63) is 28.2 Å². The molecule has 1 aromatic carbocycles. The van der Waals surface area contributed by atoms with Gasteiger partial charge in [0.2, 0.25) is 12.3 Å². The van der Waals surface area contributed by atoms with Crippen molar-refractivity contribution in [3.63, 3.8) is 0 Å². The van der Waals surface area contributed by atoms with Crippen molar-refractivity contribution in [2.24, 2.45) is 0 Å². The molecule has 7 nitrogen and oxygen atoms in total. The van der Waals surface area contributed by atoms with E-state index in [1.165, 1.54) is 25.3 Å². The molecule has 1 fully saturated rings. The molecule has 9 heteroatoms. The summed E-state index contributed by atoms with van der Waals surface area (Å²) in [5.74, 6) is -1.06. The summed E-state index contributed by atoms with van der Waals surface area (Å²) >= 11 is 11.8. The molecule has 0 aliphatic carbocycles. The summed E-state index contributed by atoms with van der Waals surface area (Å²) in [6.45, 7) is 0.322. The van der Waals surface area contributed by atoms with Crippen molar-refractivity contribution in [1.29, 1.82) is 0 Å². The molecule has 1 atom stereocenters. The number of carbonyl (C=O) groups excluding carboxylic acids is 3. The Labute approximate surface area is 142 Å². The average Bonchev–Trinajstić information content (AvgIpc) is 2.77. The van der Waals surface area contributed by atoms with Crippen LogP contribution in [0.25, 0.3) is 0 Å². The minimum Gasteiger partial charge on any atom is -0.382 e. The van der Waals surface area contributed by atoms with Gasteiger partial charge in [0.15, 0.2) is 0 Å². The van der Waals surface area contributed by atoms with E-state index in [1.807, 2.05) is 0 Å². The van der Waals surface area contributed by atoms with Crippen LogP contribution in [0.15, 0.2) is 18.2 Å². The molecule has 1 aliphatic rings. The third kappa shape index (κ3) is 4.00. The molecule has 23 heavy (non-hydrogen) atoms. The highest BCUT2D eigenvalue weighted by molar-refractivity contribution is 6.35. The number of methoxy groups -OCH3 is 1. The van der Waals surface area contributed by atoms with Crippen LogP contribution in [0, 0.1) is 0 Å². The van der Waals surface area contributed by atoms with E-state index in [1.54, 1.807) is 0 Å². The van der Waals surface area contributed by atoms with Crippen molar-refractivity contribution in [1.82, 2.24) is 5.06 Å². The quantitative estimate of drug-likeness (QED) is 0.320. The molecule has 1 aromatic rings. The van der Waals surface area contributed by atoms with Gasteiger partial charge >= 0.3 is 0 Å². The van der Waals surface area contributed by atoms with E-state index in [0.717, 1.165) is 9.96 Å².